The molecule has 0 fully saturated rings. The molecule has 5 nitrogen and oxygen atoms in total. The Morgan fingerprint density at radius 1 is 1.03 bits per heavy atom. The van der Waals surface area contributed by atoms with Gasteiger partial charge in [0.15, 0.2) is 0 Å². The van der Waals surface area contributed by atoms with Gasteiger partial charge < -0.3 is 15.8 Å². The number of phenolic OH excluding ortho intramolecular Hbond substituents is 1. The summed E-state index contributed by atoms with van der Waals surface area (Å²) in [5.41, 5.74) is 9.43. The van der Waals surface area contributed by atoms with Crippen molar-refractivity contribution in [2.45, 2.75) is 110 Å². The maximum atomic E-state index is 12.5. The van der Waals surface area contributed by atoms with E-state index in [1.807, 2.05) is 12.1 Å². The number of carbonyl (C=O) groups is 1. The molecule has 31 heavy (non-hydrogen) atoms. The first-order valence-corrected chi connectivity index (χ1v) is 11.3. The summed E-state index contributed by atoms with van der Waals surface area (Å²) in [6.45, 7) is 21.2. The van der Waals surface area contributed by atoms with Crippen LogP contribution >= 0.6 is 0 Å². The largest absolute Gasteiger partial charge is 0.507 e. The van der Waals surface area contributed by atoms with E-state index in [1.165, 1.54) is 0 Å². The minimum Gasteiger partial charge on any atom is -0.507 e. The van der Waals surface area contributed by atoms with Gasteiger partial charge in [0, 0.05) is 29.6 Å². The normalized spacial score (nSPS) is 18.3. The molecular weight excluding hydrogens is 386 g/mol. The highest BCUT2D eigenvalue weighted by Gasteiger charge is 2.32. The Morgan fingerprint density at radius 2 is 1.55 bits per heavy atom. The first kappa shape index (κ1) is 25.3. The summed E-state index contributed by atoms with van der Waals surface area (Å²) in [5, 5.41) is 14.5. The van der Waals surface area contributed by atoms with Gasteiger partial charge in [-0.2, -0.15) is 0 Å². The van der Waals surface area contributed by atoms with E-state index in [4.69, 9.17) is 0 Å². The fraction of sp³-hybridized carbons (Fsp3) is 0.654. The first-order chi connectivity index (χ1) is 13.9. The standard InChI is InChI=1S/C26H43N3O2/c1-23(2,3)19-13-17(14-20(22(19)31)24(4,5)6)11-12-21(30)28-27-18-15-25(7,8)29-26(9,10)16-18/h13-15,27,29,31H,11-12,16H2,1-10H3,(H,28,30). The van der Waals surface area contributed by atoms with Gasteiger partial charge in [-0.1, -0.05) is 53.7 Å². The van der Waals surface area contributed by atoms with E-state index in [2.05, 4.69) is 91.5 Å². The van der Waals surface area contributed by atoms with Crippen LogP contribution in [0.5, 0.6) is 5.75 Å². The number of benzene rings is 1. The van der Waals surface area contributed by atoms with Crippen molar-refractivity contribution in [1.29, 1.82) is 0 Å². The fourth-order valence-electron chi connectivity index (χ4n) is 4.45. The molecule has 0 atom stereocenters. The Balaban J connectivity index is 2.09. The van der Waals surface area contributed by atoms with Crippen LogP contribution in [0.15, 0.2) is 23.9 Å². The molecule has 0 bridgehead atoms. The Labute approximate surface area is 189 Å². The van der Waals surface area contributed by atoms with Crippen molar-refractivity contribution < 1.29 is 9.90 Å². The molecular formula is C26H43N3O2. The number of hydrazine groups is 1. The second-order valence-electron chi connectivity index (χ2n) is 12.3. The van der Waals surface area contributed by atoms with Crippen molar-refractivity contribution in [3.8, 4) is 5.75 Å². The van der Waals surface area contributed by atoms with E-state index in [9.17, 15) is 9.90 Å². The summed E-state index contributed by atoms with van der Waals surface area (Å²) < 4.78 is 0. The quantitative estimate of drug-likeness (QED) is 0.498. The molecule has 5 heteroatoms. The van der Waals surface area contributed by atoms with Gasteiger partial charge in [0.05, 0.1) is 0 Å². The van der Waals surface area contributed by atoms with Gasteiger partial charge in [0.1, 0.15) is 5.75 Å². The smallest absolute Gasteiger partial charge is 0.238 e. The summed E-state index contributed by atoms with van der Waals surface area (Å²) in [5.74, 6) is 0.329. The highest BCUT2D eigenvalue weighted by atomic mass is 16.3. The Bertz CT molecular complexity index is 817. The van der Waals surface area contributed by atoms with E-state index >= 15 is 0 Å². The third kappa shape index (κ3) is 6.99. The van der Waals surface area contributed by atoms with Crippen molar-refractivity contribution in [3.05, 3.63) is 40.6 Å². The predicted octanol–water partition coefficient (Wildman–Crippen LogP) is 4.98. The number of hydrogen-bond donors (Lipinski definition) is 4. The zero-order valence-corrected chi connectivity index (χ0v) is 21.2. The van der Waals surface area contributed by atoms with Gasteiger partial charge >= 0.3 is 0 Å². The average molecular weight is 430 g/mol. The van der Waals surface area contributed by atoms with Gasteiger partial charge in [0.2, 0.25) is 5.91 Å². The van der Waals surface area contributed by atoms with Gasteiger partial charge in [-0.05, 0) is 67.7 Å². The monoisotopic (exact) mass is 429 g/mol. The number of rotatable bonds is 5. The average Bonchev–Trinajstić information content (AvgIpc) is 2.54. The molecule has 1 aromatic rings. The molecule has 1 heterocycles. The molecule has 0 spiro atoms. The van der Waals surface area contributed by atoms with Crippen molar-refractivity contribution in [2.24, 2.45) is 0 Å². The van der Waals surface area contributed by atoms with Crippen molar-refractivity contribution >= 4 is 5.91 Å². The number of aromatic hydroxyl groups is 1. The molecule has 0 radical (unpaired) electrons. The molecule has 0 aromatic heterocycles. The molecule has 2 rings (SSSR count). The molecule has 0 unspecified atom stereocenters. The molecule has 174 valence electrons. The fourth-order valence-corrected chi connectivity index (χ4v) is 4.45. The second kappa shape index (κ2) is 8.50. The topological polar surface area (TPSA) is 73.4 Å². The van der Waals surface area contributed by atoms with E-state index in [0.717, 1.165) is 28.8 Å². The lowest BCUT2D eigenvalue weighted by Gasteiger charge is -2.41. The van der Waals surface area contributed by atoms with Gasteiger partial charge in [-0.3, -0.25) is 10.2 Å². The third-order valence-corrected chi connectivity index (χ3v) is 5.62. The van der Waals surface area contributed by atoms with Crippen LogP contribution in [-0.2, 0) is 22.0 Å². The minimum absolute atomic E-state index is 0.0376. The van der Waals surface area contributed by atoms with Crippen molar-refractivity contribution in [3.63, 3.8) is 0 Å². The van der Waals surface area contributed by atoms with Crippen molar-refractivity contribution in [1.82, 2.24) is 16.2 Å². The molecule has 0 saturated carbocycles. The van der Waals surface area contributed by atoms with Crippen LogP contribution in [0.25, 0.3) is 0 Å². The zero-order chi connectivity index (χ0) is 23.8. The maximum Gasteiger partial charge on any atom is 0.238 e. The molecule has 0 aliphatic carbocycles. The van der Waals surface area contributed by atoms with Gasteiger partial charge in [-0.15, -0.1) is 0 Å². The van der Waals surface area contributed by atoms with Crippen LogP contribution in [0, 0.1) is 0 Å². The molecule has 1 aliphatic rings. The Hall–Kier alpha value is -2.01. The molecule has 1 aromatic carbocycles. The molecule has 1 amide bonds. The molecule has 4 N–H and O–H groups in total. The second-order valence-corrected chi connectivity index (χ2v) is 12.3. The van der Waals surface area contributed by atoms with Crippen LogP contribution in [0.3, 0.4) is 0 Å². The number of aryl methyl sites for hydroxylation is 1. The van der Waals surface area contributed by atoms with Gasteiger partial charge in [-0.25, -0.2) is 0 Å². The van der Waals surface area contributed by atoms with E-state index in [1.54, 1.807) is 0 Å². The summed E-state index contributed by atoms with van der Waals surface area (Å²) in [6, 6.07) is 4.09. The first-order valence-electron chi connectivity index (χ1n) is 11.3. The van der Waals surface area contributed by atoms with Crippen LogP contribution in [0.2, 0.25) is 0 Å². The van der Waals surface area contributed by atoms with Crippen molar-refractivity contribution in [2.75, 3.05) is 0 Å². The summed E-state index contributed by atoms with van der Waals surface area (Å²) in [7, 11) is 0. The SMILES string of the molecule is CC1(C)C=C(NNC(=O)CCc2cc(C(C)(C)C)c(O)c(C(C)(C)C)c2)CC(C)(C)N1. The Morgan fingerprint density at radius 3 is 2.00 bits per heavy atom. The number of nitrogens with one attached hydrogen (secondary N) is 3. The lowest BCUT2D eigenvalue weighted by Crippen LogP contribution is -2.56. The van der Waals surface area contributed by atoms with Crippen LogP contribution < -0.4 is 16.2 Å². The number of amides is 1. The lowest BCUT2D eigenvalue weighted by atomic mass is 9.78. The van der Waals surface area contributed by atoms with Gasteiger partial charge in [0.25, 0.3) is 0 Å². The number of phenols is 1. The van der Waals surface area contributed by atoms with Crippen LogP contribution in [0.1, 0.15) is 98.8 Å². The zero-order valence-electron chi connectivity index (χ0n) is 21.2. The minimum atomic E-state index is -0.176. The summed E-state index contributed by atoms with van der Waals surface area (Å²) in [4.78, 5) is 12.5. The highest BCUT2D eigenvalue weighted by Crippen LogP contribution is 2.40. The number of hydrogen-bond acceptors (Lipinski definition) is 4. The van der Waals surface area contributed by atoms with Crippen LogP contribution in [-0.4, -0.2) is 22.1 Å². The predicted molar refractivity (Wildman–Crippen MR) is 129 cm³/mol. The molecule has 0 saturated heterocycles. The third-order valence-electron chi connectivity index (χ3n) is 5.62. The van der Waals surface area contributed by atoms with E-state index in [-0.39, 0.29) is 27.8 Å². The van der Waals surface area contributed by atoms with Crippen LogP contribution in [0.4, 0.5) is 0 Å². The lowest BCUT2D eigenvalue weighted by molar-refractivity contribution is -0.121. The maximum absolute atomic E-state index is 12.5. The highest BCUT2D eigenvalue weighted by molar-refractivity contribution is 5.75. The molecule has 1 aliphatic heterocycles. The number of carbonyl (C=O) groups excluding carboxylic acids is 1. The Kier molecular flexibility index (Phi) is 6.92. The summed E-state index contributed by atoms with van der Waals surface area (Å²) in [6.07, 6.45) is 3.95. The van der Waals surface area contributed by atoms with E-state index in [0.29, 0.717) is 18.6 Å². The van der Waals surface area contributed by atoms with E-state index < -0.39 is 0 Å². The summed E-state index contributed by atoms with van der Waals surface area (Å²) >= 11 is 0.